The van der Waals surface area contributed by atoms with E-state index < -0.39 is 16.0 Å². The molecule has 0 saturated carbocycles. The number of benzene rings is 1. The number of carboxylic acids is 1. The van der Waals surface area contributed by atoms with Gasteiger partial charge in [-0.15, -0.1) is 11.3 Å². The fraction of sp³-hybridized carbons (Fsp3) is 0.111. The summed E-state index contributed by atoms with van der Waals surface area (Å²) in [6.45, 7) is 0.451. The molecule has 2 heterocycles. The van der Waals surface area contributed by atoms with Crippen molar-refractivity contribution in [2.24, 2.45) is 0 Å². The molecule has 3 rings (SSSR count). The van der Waals surface area contributed by atoms with Gasteiger partial charge in [0.05, 0.1) is 16.2 Å². The summed E-state index contributed by atoms with van der Waals surface area (Å²) in [5.74, 6) is -0.971. The lowest BCUT2D eigenvalue weighted by Gasteiger charge is -2.20. The van der Waals surface area contributed by atoms with Crippen molar-refractivity contribution in [1.29, 1.82) is 0 Å². The Morgan fingerprint density at radius 3 is 2.57 bits per heavy atom. The lowest BCUT2D eigenvalue weighted by molar-refractivity contribution is 0.0697. The number of aromatic carboxylic acids is 1. The maximum Gasteiger partial charge on any atom is 0.339 e. The van der Waals surface area contributed by atoms with Crippen molar-refractivity contribution >= 4 is 50.4 Å². The maximum atomic E-state index is 12.4. The van der Waals surface area contributed by atoms with Crippen LogP contribution in [0.2, 0.25) is 4.34 Å². The van der Waals surface area contributed by atoms with E-state index in [1.165, 1.54) is 24.4 Å². The van der Waals surface area contributed by atoms with Gasteiger partial charge in [-0.2, -0.15) is 0 Å². The lowest BCUT2D eigenvalue weighted by atomic mass is 10.2. The van der Waals surface area contributed by atoms with E-state index in [2.05, 4.69) is 9.71 Å². The molecule has 0 spiro atoms. The highest BCUT2D eigenvalue weighted by Crippen LogP contribution is 2.28. The molecule has 1 aromatic carbocycles. The average Bonchev–Trinajstić information content (AvgIpc) is 3.09. The molecule has 0 unspecified atom stereocenters. The van der Waals surface area contributed by atoms with Gasteiger partial charge >= 0.3 is 5.97 Å². The van der Waals surface area contributed by atoms with E-state index in [1.54, 1.807) is 11.9 Å². The smallest absolute Gasteiger partial charge is 0.339 e. The van der Waals surface area contributed by atoms with Gasteiger partial charge in [-0.05, 0) is 23.8 Å². The van der Waals surface area contributed by atoms with Crippen molar-refractivity contribution in [2.75, 3.05) is 16.7 Å². The number of hydrogen-bond donors (Lipinski definition) is 2. The van der Waals surface area contributed by atoms with Gasteiger partial charge in [0.15, 0.2) is 0 Å². The van der Waals surface area contributed by atoms with Crippen LogP contribution in [0.5, 0.6) is 0 Å². The first-order chi connectivity index (χ1) is 13.3. The number of anilines is 2. The third-order valence-corrected chi connectivity index (χ3v) is 6.89. The van der Waals surface area contributed by atoms with Gasteiger partial charge in [0.2, 0.25) is 0 Å². The van der Waals surface area contributed by atoms with Crippen LogP contribution in [0.1, 0.15) is 15.9 Å². The third kappa shape index (κ3) is 4.61. The van der Waals surface area contributed by atoms with Crippen LogP contribution in [-0.4, -0.2) is 31.5 Å². The summed E-state index contributed by atoms with van der Waals surface area (Å²) in [6.07, 6.45) is 1.29. The van der Waals surface area contributed by atoms with E-state index in [1.807, 2.05) is 30.3 Å². The molecule has 0 aliphatic rings. The maximum absolute atomic E-state index is 12.4. The predicted octanol–water partition coefficient (Wildman–Crippen LogP) is 3.93. The minimum absolute atomic E-state index is 0.0275. The normalized spacial score (nSPS) is 11.2. The fourth-order valence-corrected chi connectivity index (χ4v) is 5.07. The molecule has 10 heteroatoms. The molecule has 0 aliphatic carbocycles. The third-order valence-electron chi connectivity index (χ3n) is 3.79. The lowest BCUT2D eigenvalue weighted by Crippen LogP contribution is -2.21. The molecule has 146 valence electrons. The first-order valence-electron chi connectivity index (χ1n) is 8.03. The van der Waals surface area contributed by atoms with Crippen molar-refractivity contribution < 1.29 is 18.3 Å². The van der Waals surface area contributed by atoms with E-state index in [4.69, 9.17) is 11.6 Å². The van der Waals surface area contributed by atoms with Crippen molar-refractivity contribution in [3.8, 4) is 0 Å². The molecule has 0 radical (unpaired) electrons. The van der Waals surface area contributed by atoms with E-state index in [0.717, 1.165) is 16.9 Å². The minimum atomic E-state index is -3.88. The topological polar surface area (TPSA) is 99.6 Å². The second kappa shape index (κ2) is 8.17. The van der Waals surface area contributed by atoms with Crippen molar-refractivity contribution in [3.63, 3.8) is 0 Å². The molecule has 0 fully saturated rings. The second-order valence-electron chi connectivity index (χ2n) is 5.91. The number of nitrogens with zero attached hydrogens (tertiary/aromatic N) is 2. The zero-order chi connectivity index (χ0) is 20.3. The number of sulfonamides is 1. The Labute approximate surface area is 171 Å². The van der Waals surface area contributed by atoms with Gasteiger partial charge in [0.1, 0.15) is 15.6 Å². The highest BCUT2D eigenvalue weighted by molar-refractivity contribution is 7.94. The summed E-state index contributed by atoms with van der Waals surface area (Å²) < 4.78 is 27.5. The first-order valence-corrected chi connectivity index (χ1v) is 10.7. The fourth-order valence-electron chi connectivity index (χ4n) is 2.55. The van der Waals surface area contributed by atoms with Crippen LogP contribution in [0.25, 0.3) is 0 Å². The number of pyridine rings is 1. The number of nitrogens with one attached hydrogen (secondary N) is 1. The Morgan fingerprint density at radius 1 is 1.25 bits per heavy atom. The average molecular weight is 438 g/mol. The largest absolute Gasteiger partial charge is 0.478 e. The molecule has 0 amide bonds. The molecule has 2 N–H and O–H groups in total. The standard InChI is InChI=1S/C18H16ClN3O4S2/c1-22(11-12-5-3-2-4-6-12)17-14(18(23)24)9-13(10-20-17)21-28(25,26)16-8-7-15(19)27-16/h2-10,21H,11H2,1H3,(H,23,24). The number of thiophene rings is 1. The number of carbonyl (C=O) groups is 1. The quantitative estimate of drug-likeness (QED) is 0.580. The Kier molecular flexibility index (Phi) is 5.87. The van der Waals surface area contributed by atoms with Crippen LogP contribution >= 0.6 is 22.9 Å². The van der Waals surface area contributed by atoms with Crippen molar-refractivity contribution in [3.05, 3.63) is 70.2 Å². The molecular formula is C18H16ClN3O4S2. The summed E-state index contributed by atoms with van der Waals surface area (Å²) in [5.41, 5.74) is 0.934. The van der Waals surface area contributed by atoms with Crippen LogP contribution in [0.4, 0.5) is 11.5 Å². The van der Waals surface area contributed by atoms with Gasteiger partial charge in [0.25, 0.3) is 10.0 Å². The van der Waals surface area contributed by atoms with Crippen molar-refractivity contribution in [2.45, 2.75) is 10.8 Å². The zero-order valence-corrected chi connectivity index (χ0v) is 17.1. The molecule has 3 aromatic rings. The van der Waals surface area contributed by atoms with Gasteiger partial charge in [-0.1, -0.05) is 41.9 Å². The Hall–Kier alpha value is -2.62. The van der Waals surface area contributed by atoms with E-state index in [-0.39, 0.29) is 21.3 Å². The second-order valence-corrected chi connectivity index (χ2v) is 9.53. The summed E-state index contributed by atoms with van der Waals surface area (Å²) in [6, 6.07) is 13.6. The summed E-state index contributed by atoms with van der Waals surface area (Å²) in [4.78, 5) is 17.6. The minimum Gasteiger partial charge on any atom is -0.478 e. The Morgan fingerprint density at radius 2 is 1.96 bits per heavy atom. The van der Waals surface area contributed by atoms with Gasteiger partial charge < -0.3 is 10.0 Å². The Bertz CT molecular complexity index is 1100. The van der Waals surface area contributed by atoms with Crippen molar-refractivity contribution in [1.82, 2.24) is 4.98 Å². The van der Waals surface area contributed by atoms with Crippen LogP contribution in [0.15, 0.2) is 58.9 Å². The number of carboxylic acid groups (broad SMARTS) is 1. The number of rotatable bonds is 7. The van der Waals surface area contributed by atoms with Crippen LogP contribution in [-0.2, 0) is 16.6 Å². The predicted molar refractivity (Wildman–Crippen MR) is 110 cm³/mol. The number of hydrogen-bond acceptors (Lipinski definition) is 6. The molecular weight excluding hydrogens is 422 g/mol. The van der Waals surface area contributed by atoms with Crippen LogP contribution < -0.4 is 9.62 Å². The monoisotopic (exact) mass is 437 g/mol. The number of aromatic nitrogens is 1. The molecule has 0 aliphatic heterocycles. The molecule has 2 aromatic heterocycles. The first kappa shape index (κ1) is 20.1. The highest BCUT2D eigenvalue weighted by atomic mass is 35.5. The highest BCUT2D eigenvalue weighted by Gasteiger charge is 2.21. The van der Waals surface area contributed by atoms with E-state index in [9.17, 15) is 18.3 Å². The Balaban J connectivity index is 1.88. The SMILES string of the molecule is CN(Cc1ccccc1)c1ncc(NS(=O)(=O)c2ccc(Cl)s2)cc1C(=O)O. The summed E-state index contributed by atoms with van der Waals surface area (Å²) in [7, 11) is -2.16. The zero-order valence-electron chi connectivity index (χ0n) is 14.7. The summed E-state index contributed by atoms with van der Waals surface area (Å²) >= 11 is 6.69. The van der Waals surface area contributed by atoms with Gasteiger partial charge in [-0.3, -0.25) is 4.72 Å². The molecule has 7 nitrogen and oxygen atoms in total. The van der Waals surface area contributed by atoms with Crippen LogP contribution in [0.3, 0.4) is 0 Å². The molecule has 0 atom stereocenters. The van der Waals surface area contributed by atoms with Gasteiger partial charge in [-0.25, -0.2) is 18.2 Å². The van der Waals surface area contributed by atoms with Crippen LogP contribution in [0, 0.1) is 0 Å². The molecule has 28 heavy (non-hydrogen) atoms. The molecule has 0 saturated heterocycles. The molecule has 0 bridgehead atoms. The van der Waals surface area contributed by atoms with E-state index in [0.29, 0.717) is 10.9 Å². The van der Waals surface area contributed by atoms with Gasteiger partial charge in [0, 0.05) is 13.6 Å². The van der Waals surface area contributed by atoms with E-state index >= 15 is 0 Å². The number of halogens is 1. The summed E-state index contributed by atoms with van der Waals surface area (Å²) in [5, 5.41) is 9.56.